The summed E-state index contributed by atoms with van der Waals surface area (Å²) in [5.74, 6) is -2.92. The average molecular weight is 696 g/mol. The first-order chi connectivity index (χ1) is 23.0. The van der Waals surface area contributed by atoms with Crippen molar-refractivity contribution in [3.8, 4) is 5.75 Å². The van der Waals surface area contributed by atoms with Crippen LogP contribution in [0.2, 0.25) is 0 Å². The maximum absolute atomic E-state index is 12.6. The van der Waals surface area contributed by atoms with E-state index in [2.05, 4.69) is 0 Å². The Labute approximate surface area is 281 Å². The molecule has 0 aliphatic carbocycles. The lowest BCUT2D eigenvalue weighted by Gasteiger charge is -2.43. The summed E-state index contributed by atoms with van der Waals surface area (Å²) < 4.78 is 32.9. The molecule has 0 radical (unpaired) electrons. The number of esters is 2. The lowest BCUT2D eigenvalue weighted by Crippen LogP contribution is -2.94. The van der Waals surface area contributed by atoms with Crippen LogP contribution in [0.5, 0.6) is 5.75 Å². The average Bonchev–Trinajstić information content (AvgIpc) is 3.09. The second-order valence-corrected chi connectivity index (χ2v) is 10.7. The second-order valence-electron chi connectivity index (χ2n) is 10.7. The van der Waals surface area contributed by atoms with Crippen molar-refractivity contribution >= 4 is 17.6 Å². The molecule has 278 valence electrons. The highest BCUT2D eigenvalue weighted by molar-refractivity contribution is 5.93. The van der Waals surface area contributed by atoms with E-state index in [0.29, 0.717) is 0 Å². The predicted octanol–water partition coefficient (Wildman–Crippen LogP) is -3.59. The number of aromatic hydroxyl groups is 1. The first-order valence-corrected chi connectivity index (χ1v) is 16.3. The van der Waals surface area contributed by atoms with E-state index in [-0.39, 0.29) is 30.2 Å². The van der Waals surface area contributed by atoms with Crippen LogP contribution in [-0.2, 0) is 33.2 Å². The van der Waals surface area contributed by atoms with Gasteiger partial charge in [-0.25, -0.2) is 9.59 Å². The maximum Gasteiger partial charge on any atom is 0.344 e. The Balaban J connectivity index is 0.00000277. The quantitative estimate of drug-likeness (QED) is 0.0394. The molecule has 1 aromatic carbocycles. The van der Waals surface area contributed by atoms with Gasteiger partial charge in [-0.3, -0.25) is 0 Å². The van der Waals surface area contributed by atoms with E-state index in [9.17, 15) is 40.2 Å². The molecule has 12 N–H and O–H groups in total. The van der Waals surface area contributed by atoms with Crippen LogP contribution < -0.4 is 16.4 Å². The third kappa shape index (κ3) is 11.4. The summed E-state index contributed by atoms with van der Waals surface area (Å²) in [6.45, 7) is 7.44. The molecule has 2 aliphatic heterocycles. The van der Waals surface area contributed by atoms with E-state index in [4.69, 9.17) is 34.2 Å². The van der Waals surface area contributed by atoms with Crippen LogP contribution in [0.3, 0.4) is 0 Å². The number of carbonyl (C=O) groups excluding carboxylic acids is 2. The van der Waals surface area contributed by atoms with Gasteiger partial charge in [0.15, 0.2) is 12.1 Å². The smallest absolute Gasteiger partial charge is 0.344 e. The largest absolute Gasteiger partial charge is 0.507 e. The minimum atomic E-state index is -1.34. The highest BCUT2D eigenvalue weighted by atomic mass is 16.7. The number of nitrogen functional groups attached to an aromatic ring is 1. The zero-order valence-corrected chi connectivity index (χ0v) is 28.8. The predicted molar refractivity (Wildman–Crippen MR) is 169 cm³/mol. The van der Waals surface area contributed by atoms with Crippen LogP contribution in [0.1, 0.15) is 45.0 Å². The van der Waals surface area contributed by atoms with E-state index in [1.807, 2.05) is 27.7 Å². The second kappa shape index (κ2) is 22.1. The fourth-order valence-electron chi connectivity index (χ4n) is 5.38. The molecule has 0 bridgehead atoms. The van der Waals surface area contributed by atoms with Crippen molar-refractivity contribution in [1.82, 2.24) is 0 Å². The molecule has 3 rings (SSSR count). The molecule has 2 aliphatic rings. The van der Waals surface area contributed by atoms with Crippen LogP contribution in [0, 0.1) is 5.92 Å². The van der Waals surface area contributed by atoms with Crippen molar-refractivity contribution in [1.29, 1.82) is 0 Å². The minimum absolute atomic E-state index is 0.0631. The molecule has 1 aromatic rings. The summed E-state index contributed by atoms with van der Waals surface area (Å²) in [5, 5.41) is 64.4. The van der Waals surface area contributed by atoms with E-state index in [0.717, 1.165) is 0 Å². The monoisotopic (exact) mass is 695 g/mol. The number of hydrogen-bond acceptors (Lipinski definition) is 15. The molecule has 11 atom stereocenters. The normalized spacial score (nSPS) is 30.5. The van der Waals surface area contributed by atoms with Gasteiger partial charge < -0.3 is 75.4 Å². The maximum atomic E-state index is 12.6. The van der Waals surface area contributed by atoms with Crippen LogP contribution >= 0.6 is 0 Å². The summed E-state index contributed by atoms with van der Waals surface area (Å²) in [6, 6.07) is 2.50. The fourth-order valence-corrected chi connectivity index (χ4v) is 5.38. The van der Waals surface area contributed by atoms with E-state index >= 15 is 0 Å². The highest BCUT2D eigenvalue weighted by Gasteiger charge is 2.50. The summed E-state index contributed by atoms with van der Waals surface area (Å²) in [6.07, 6.45) is -8.66. The number of quaternary nitrogens is 2. The minimum Gasteiger partial charge on any atom is -0.507 e. The molecule has 0 aromatic heterocycles. The Morgan fingerprint density at radius 2 is 1.52 bits per heavy atom. The first kappa shape index (κ1) is 43.3. The number of rotatable bonds is 14. The fraction of sp³-hybridized carbons (Fsp3) is 0.742. The number of ether oxygens (including phenoxy) is 6. The van der Waals surface area contributed by atoms with Crippen molar-refractivity contribution in [3.05, 3.63) is 23.8 Å². The van der Waals surface area contributed by atoms with Gasteiger partial charge in [0.25, 0.3) is 0 Å². The van der Waals surface area contributed by atoms with Crippen molar-refractivity contribution in [2.45, 2.75) is 95.7 Å². The number of phenols is 1. The van der Waals surface area contributed by atoms with Gasteiger partial charge in [0.05, 0.1) is 46.6 Å². The van der Waals surface area contributed by atoms with Gasteiger partial charge in [-0.15, -0.1) is 0 Å². The Morgan fingerprint density at radius 1 is 0.896 bits per heavy atom. The van der Waals surface area contributed by atoms with E-state index in [1.165, 1.54) is 25.1 Å². The number of benzene rings is 1. The standard InChI is InChI=1S/C27H43N3O14.2C2H6/c1-12(25(36)40-11-41-26(37)14-6-13(28)4-5-16(14)33)42-24-20(29-2)19(43-18(8-32)23(24)35)10-39-9-15-17(7-31)44-27(38)21(30-3)22(15)34;2*1-2/h4-6,12,15,17-24,27,29-35,38H,7-11,28H2,1-3H3;2*1-2H3/p+2/t12?,15-,17?,18?,19+,20?,21?,22-,23-,24+,27-;;/m1../s1. The number of anilines is 1. The van der Waals surface area contributed by atoms with Gasteiger partial charge >= 0.3 is 11.9 Å². The third-order valence-electron chi connectivity index (χ3n) is 7.88. The molecule has 17 nitrogen and oxygen atoms in total. The van der Waals surface area contributed by atoms with Gasteiger partial charge in [-0.05, 0) is 25.1 Å². The van der Waals surface area contributed by atoms with Crippen molar-refractivity contribution < 1.29 is 79.3 Å². The van der Waals surface area contributed by atoms with Crippen molar-refractivity contribution in [2.24, 2.45) is 5.92 Å². The molecule has 0 amide bonds. The lowest BCUT2D eigenvalue weighted by molar-refractivity contribution is -0.694. The number of carbonyl (C=O) groups is 2. The SMILES string of the molecule is CC.CC.C[NH2+]C1[C@H](O)OC(CO)[C@@H](COC[C@@H]2OC(CO)[C@@H](O)[C@@H](OC(C)C(=O)OCOC(=O)c3cc(N)ccc3O)C2[NH2+]C)[C@H]1O. The van der Waals surface area contributed by atoms with Crippen LogP contribution in [-0.4, -0.2) is 151 Å². The van der Waals surface area contributed by atoms with Crippen LogP contribution in [0.25, 0.3) is 0 Å². The Kier molecular flexibility index (Phi) is 20.0. The number of aliphatic hydroxyl groups excluding tert-OH is 5. The highest BCUT2D eigenvalue weighted by Crippen LogP contribution is 2.27. The third-order valence-corrected chi connectivity index (χ3v) is 7.88. The van der Waals surface area contributed by atoms with E-state index in [1.54, 1.807) is 24.7 Å². The first-order valence-electron chi connectivity index (χ1n) is 16.3. The number of likely N-dealkylation sites (N-methyl/N-ethyl adjacent to an activating group) is 2. The Hall–Kier alpha value is -2.68. The van der Waals surface area contributed by atoms with Gasteiger partial charge in [0.2, 0.25) is 13.1 Å². The molecular weight excluding hydrogens is 638 g/mol. The molecular formula is C31H57N3O14+2. The van der Waals surface area contributed by atoms with Gasteiger partial charge in [-0.2, -0.15) is 0 Å². The molecule has 0 saturated carbocycles. The molecule has 2 saturated heterocycles. The number of aliphatic hydroxyl groups is 5. The number of phenolic OH excluding ortho intramolecular Hbond substituents is 1. The molecule has 2 fully saturated rings. The van der Waals surface area contributed by atoms with E-state index < -0.39 is 99.0 Å². The van der Waals surface area contributed by atoms with Crippen molar-refractivity contribution in [3.63, 3.8) is 0 Å². The molecule has 17 heteroatoms. The Morgan fingerprint density at radius 3 is 2.10 bits per heavy atom. The summed E-state index contributed by atoms with van der Waals surface area (Å²) in [4.78, 5) is 24.8. The lowest BCUT2D eigenvalue weighted by atomic mass is 9.88. The van der Waals surface area contributed by atoms with Gasteiger partial charge in [-0.1, -0.05) is 27.7 Å². The van der Waals surface area contributed by atoms with Gasteiger partial charge in [0.1, 0.15) is 47.9 Å². The Bertz CT molecular complexity index is 1080. The topological polar surface area (TPSA) is 270 Å². The molecule has 2 heterocycles. The summed E-state index contributed by atoms with van der Waals surface area (Å²) in [5.41, 5.74) is 5.62. The molecule has 48 heavy (non-hydrogen) atoms. The zero-order chi connectivity index (χ0) is 36.6. The van der Waals surface area contributed by atoms with Crippen LogP contribution in [0.15, 0.2) is 18.2 Å². The number of nitrogens with two attached hydrogens (primary N) is 3. The molecule has 5 unspecified atom stereocenters. The zero-order valence-electron chi connectivity index (χ0n) is 28.8. The number of hydrogen-bond donors (Lipinski definition) is 9. The van der Waals surface area contributed by atoms with Gasteiger partial charge in [0, 0.05) is 11.6 Å². The molecule has 0 spiro atoms. The summed E-state index contributed by atoms with van der Waals surface area (Å²) in [7, 11) is 3.37. The van der Waals surface area contributed by atoms with Crippen molar-refractivity contribution in [2.75, 3.05) is 53.0 Å². The summed E-state index contributed by atoms with van der Waals surface area (Å²) >= 11 is 0. The van der Waals surface area contributed by atoms with Crippen LogP contribution in [0.4, 0.5) is 5.69 Å².